The molecular formula is C24H22N2O4. The number of fused-ring (bicyclic) bond motifs is 1. The molecule has 0 aliphatic heterocycles. The van der Waals surface area contributed by atoms with Crippen molar-refractivity contribution in [1.82, 2.24) is 4.98 Å². The summed E-state index contributed by atoms with van der Waals surface area (Å²) in [5.41, 5.74) is 5.74. The smallest absolute Gasteiger partial charge is 0.255 e. The number of carbonyl (C=O) groups is 1. The summed E-state index contributed by atoms with van der Waals surface area (Å²) in [5, 5.41) is 2.89. The average Bonchev–Trinajstić information content (AvgIpc) is 3.18. The molecule has 0 saturated heterocycles. The number of hydrogen-bond acceptors (Lipinski definition) is 5. The molecule has 1 heterocycles. The van der Waals surface area contributed by atoms with Gasteiger partial charge in [0, 0.05) is 16.8 Å². The summed E-state index contributed by atoms with van der Waals surface area (Å²) in [4.78, 5) is 17.3. The SMILES string of the molecule is COc1ccc(C(=O)Nc2ccc3oc(-c4ccc(C)c(C)c4)nc3c2)cc1OC. The number of hydrogen-bond donors (Lipinski definition) is 1. The molecular weight excluding hydrogens is 380 g/mol. The van der Waals surface area contributed by atoms with E-state index in [1.165, 1.54) is 18.2 Å². The molecule has 0 spiro atoms. The van der Waals surface area contributed by atoms with E-state index in [1.54, 1.807) is 43.5 Å². The first-order valence-electron chi connectivity index (χ1n) is 9.50. The Morgan fingerprint density at radius 2 is 1.70 bits per heavy atom. The van der Waals surface area contributed by atoms with Gasteiger partial charge >= 0.3 is 0 Å². The lowest BCUT2D eigenvalue weighted by atomic mass is 10.1. The first-order valence-corrected chi connectivity index (χ1v) is 9.50. The Hall–Kier alpha value is -3.80. The van der Waals surface area contributed by atoms with Gasteiger partial charge in [-0.05, 0) is 73.5 Å². The van der Waals surface area contributed by atoms with E-state index in [-0.39, 0.29) is 5.91 Å². The molecule has 0 unspecified atom stereocenters. The van der Waals surface area contributed by atoms with Gasteiger partial charge in [-0.3, -0.25) is 4.79 Å². The van der Waals surface area contributed by atoms with Crippen LogP contribution in [0.25, 0.3) is 22.6 Å². The van der Waals surface area contributed by atoms with Crippen molar-refractivity contribution in [2.45, 2.75) is 13.8 Å². The number of carbonyl (C=O) groups excluding carboxylic acids is 1. The molecule has 4 rings (SSSR count). The predicted octanol–water partition coefficient (Wildman–Crippen LogP) is 5.38. The van der Waals surface area contributed by atoms with E-state index in [2.05, 4.69) is 30.2 Å². The molecule has 1 amide bonds. The number of benzene rings is 3. The van der Waals surface area contributed by atoms with E-state index in [0.717, 1.165) is 5.56 Å². The number of amides is 1. The van der Waals surface area contributed by atoms with Crippen LogP contribution in [0.15, 0.2) is 59.0 Å². The first kappa shape index (κ1) is 19.5. The molecule has 0 fully saturated rings. The van der Waals surface area contributed by atoms with Crippen LogP contribution in [0.2, 0.25) is 0 Å². The van der Waals surface area contributed by atoms with Crippen molar-refractivity contribution in [3.8, 4) is 23.0 Å². The number of nitrogens with zero attached hydrogens (tertiary/aromatic N) is 1. The van der Waals surface area contributed by atoms with E-state index in [9.17, 15) is 4.79 Å². The van der Waals surface area contributed by atoms with Crippen LogP contribution in [0, 0.1) is 13.8 Å². The zero-order valence-electron chi connectivity index (χ0n) is 17.3. The molecule has 30 heavy (non-hydrogen) atoms. The van der Waals surface area contributed by atoms with Crippen molar-refractivity contribution in [2.75, 3.05) is 19.5 Å². The predicted molar refractivity (Wildman–Crippen MR) is 116 cm³/mol. The second kappa shape index (κ2) is 7.91. The number of anilines is 1. The Labute approximate surface area is 174 Å². The number of rotatable bonds is 5. The zero-order chi connectivity index (χ0) is 21.3. The van der Waals surface area contributed by atoms with Crippen molar-refractivity contribution in [3.63, 3.8) is 0 Å². The van der Waals surface area contributed by atoms with Gasteiger partial charge in [-0.25, -0.2) is 4.98 Å². The van der Waals surface area contributed by atoms with Gasteiger partial charge in [-0.15, -0.1) is 0 Å². The fraction of sp³-hybridized carbons (Fsp3) is 0.167. The number of ether oxygens (including phenoxy) is 2. The molecule has 4 aromatic rings. The van der Waals surface area contributed by atoms with Crippen LogP contribution in [-0.4, -0.2) is 25.1 Å². The molecule has 0 aliphatic carbocycles. The number of aryl methyl sites for hydroxylation is 2. The van der Waals surface area contributed by atoms with Crippen LogP contribution in [0.1, 0.15) is 21.5 Å². The van der Waals surface area contributed by atoms with Crippen LogP contribution in [-0.2, 0) is 0 Å². The summed E-state index contributed by atoms with van der Waals surface area (Å²) in [7, 11) is 3.09. The topological polar surface area (TPSA) is 73.6 Å². The first-order chi connectivity index (χ1) is 14.5. The van der Waals surface area contributed by atoms with Crippen LogP contribution >= 0.6 is 0 Å². The van der Waals surface area contributed by atoms with Gasteiger partial charge < -0.3 is 19.2 Å². The fourth-order valence-corrected chi connectivity index (χ4v) is 3.18. The van der Waals surface area contributed by atoms with Crippen LogP contribution in [0.3, 0.4) is 0 Å². The summed E-state index contributed by atoms with van der Waals surface area (Å²) in [5.74, 6) is 1.36. The van der Waals surface area contributed by atoms with E-state index in [1.807, 2.05) is 12.1 Å². The van der Waals surface area contributed by atoms with E-state index in [0.29, 0.717) is 39.7 Å². The van der Waals surface area contributed by atoms with Gasteiger partial charge in [-0.1, -0.05) is 6.07 Å². The highest BCUT2D eigenvalue weighted by Gasteiger charge is 2.13. The van der Waals surface area contributed by atoms with Gasteiger partial charge in [0.15, 0.2) is 17.1 Å². The van der Waals surface area contributed by atoms with Crippen molar-refractivity contribution in [3.05, 3.63) is 71.3 Å². The average molecular weight is 402 g/mol. The van der Waals surface area contributed by atoms with Gasteiger partial charge in [0.1, 0.15) is 5.52 Å². The van der Waals surface area contributed by atoms with Crippen LogP contribution < -0.4 is 14.8 Å². The minimum Gasteiger partial charge on any atom is -0.493 e. The third-order valence-corrected chi connectivity index (χ3v) is 5.05. The van der Waals surface area contributed by atoms with Crippen molar-refractivity contribution < 1.29 is 18.7 Å². The van der Waals surface area contributed by atoms with Crippen LogP contribution in [0.5, 0.6) is 11.5 Å². The Kier molecular flexibility index (Phi) is 5.14. The second-order valence-electron chi connectivity index (χ2n) is 7.02. The third kappa shape index (κ3) is 3.72. The summed E-state index contributed by atoms with van der Waals surface area (Å²) < 4.78 is 16.4. The number of oxazole rings is 1. The van der Waals surface area contributed by atoms with Gasteiger partial charge in [0.2, 0.25) is 5.89 Å². The Morgan fingerprint density at radius 1 is 0.900 bits per heavy atom. The molecule has 0 saturated carbocycles. The highest BCUT2D eigenvalue weighted by Crippen LogP contribution is 2.29. The Balaban J connectivity index is 1.59. The second-order valence-corrected chi connectivity index (χ2v) is 7.02. The summed E-state index contributed by atoms with van der Waals surface area (Å²) in [6.45, 7) is 4.13. The third-order valence-electron chi connectivity index (χ3n) is 5.05. The maximum Gasteiger partial charge on any atom is 0.255 e. The van der Waals surface area contributed by atoms with E-state index >= 15 is 0 Å². The molecule has 0 atom stereocenters. The molecule has 0 radical (unpaired) electrons. The normalized spacial score (nSPS) is 10.8. The Bertz CT molecular complexity index is 1240. The van der Waals surface area contributed by atoms with Crippen molar-refractivity contribution in [1.29, 1.82) is 0 Å². The van der Waals surface area contributed by atoms with Crippen molar-refractivity contribution in [2.24, 2.45) is 0 Å². The molecule has 152 valence electrons. The van der Waals surface area contributed by atoms with Gasteiger partial charge in [0.05, 0.1) is 14.2 Å². The number of nitrogens with one attached hydrogen (secondary N) is 1. The van der Waals surface area contributed by atoms with E-state index < -0.39 is 0 Å². The van der Waals surface area contributed by atoms with Gasteiger partial charge in [-0.2, -0.15) is 0 Å². The van der Waals surface area contributed by atoms with Crippen molar-refractivity contribution >= 4 is 22.7 Å². The molecule has 6 nitrogen and oxygen atoms in total. The minimum atomic E-state index is -0.256. The lowest BCUT2D eigenvalue weighted by Gasteiger charge is -2.10. The highest BCUT2D eigenvalue weighted by molar-refractivity contribution is 6.05. The summed E-state index contributed by atoms with van der Waals surface area (Å²) >= 11 is 0. The molecule has 1 aromatic heterocycles. The fourth-order valence-electron chi connectivity index (χ4n) is 3.18. The zero-order valence-corrected chi connectivity index (χ0v) is 17.3. The molecule has 0 aliphatic rings. The Morgan fingerprint density at radius 3 is 2.43 bits per heavy atom. The number of aromatic nitrogens is 1. The maximum atomic E-state index is 12.7. The van der Waals surface area contributed by atoms with Crippen LogP contribution in [0.4, 0.5) is 5.69 Å². The molecule has 3 aromatic carbocycles. The quantitative estimate of drug-likeness (QED) is 0.485. The lowest BCUT2D eigenvalue weighted by molar-refractivity contribution is 0.102. The molecule has 1 N–H and O–H groups in total. The highest BCUT2D eigenvalue weighted by atomic mass is 16.5. The monoisotopic (exact) mass is 402 g/mol. The standard InChI is InChI=1S/C24H22N2O4/c1-14-5-6-17(11-15(14)2)24-26-19-13-18(8-10-20(19)30-24)25-23(27)16-7-9-21(28-3)22(12-16)29-4/h5-13H,1-4H3,(H,25,27). The van der Waals surface area contributed by atoms with Gasteiger partial charge in [0.25, 0.3) is 5.91 Å². The molecule has 6 heteroatoms. The lowest BCUT2D eigenvalue weighted by Crippen LogP contribution is -2.12. The largest absolute Gasteiger partial charge is 0.493 e. The number of methoxy groups -OCH3 is 2. The maximum absolute atomic E-state index is 12.7. The van der Waals surface area contributed by atoms with E-state index in [4.69, 9.17) is 13.9 Å². The minimum absolute atomic E-state index is 0.256. The molecule has 0 bridgehead atoms. The summed E-state index contributed by atoms with van der Waals surface area (Å²) in [6.07, 6.45) is 0. The summed E-state index contributed by atoms with van der Waals surface area (Å²) in [6, 6.07) is 16.5.